The van der Waals surface area contributed by atoms with Gasteiger partial charge in [-0.15, -0.1) is 0 Å². The topological polar surface area (TPSA) is 0 Å². The standard InChI is InChI=1S/C15H16.C14H22.C12H24.C11H20.C10H20.C10H14.C9H12.C8H18/c1-12-5-3-7-14(9-12)11-15-8-4-6-13(2)10-15;1-13(2,3)11-8-7-9-12(10-11)14(4,5)6;1-6-12(5)8-10(2)7-11(3,4)9-12;1-3-9-5-8-6-10(4-2)11(9)7-8;2*1-3-9-6-5-7-10(4-2)8-9;1-7-5-4-6-8(2)9(7)3;1-3-5-7-8-6-4-2/h3-10H,11H2,1-2H3;7-10H,1-6H3;10H,6-9H2,1-5H3;8-11H,3-7H2,1-2H3;9-10H,3-8H2,1-2H3;5-8H,3-4H2,1-2H3;4-6H,1-3H3;3-8H2,1-2H3. The first-order valence-corrected chi connectivity index (χ1v) is 37.4. The van der Waals surface area contributed by atoms with Crippen LogP contribution in [0.15, 0.2) is 115 Å². The van der Waals surface area contributed by atoms with E-state index in [0.717, 1.165) is 60.7 Å². The summed E-state index contributed by atoms with van der Waals surface area (Å²) in [5.74, 6) is 7.55. The SMILES string of the molecule is CC(C)(C)c1cccc(C(C)(C)C)c1.CCC1(C)CC(C)CC(C)(C)C1.CCC1CC2CC(CC)C1C2.CCC1CCCC(CC)C1.CCCCCCCC.CCc1cccc(CC)c1.Cc1cccc(C)c1C.Cc1cccc(Cc2cccc(C)c2)c1. The van der Waals surface area contributed by atoms with Crippen LogP contribution in [0.1, 0.15) is 328 Å². The maximum absolute atomic E-state index is 2.46. The third-order valence-electron chi connectivity index (χ3n) is 21.0. The lowest BCUT2D eigenvalue weighted by Crippen LogP contribution is -2.34. The van der Waals surface area contributed by atoms with Crippen LogP contribution in [-0.4, -0.2) is 0 Å². The van der Waals surface area contributed by atoms with Gasteiger partial charge in [0.05, 0.1) is 0 Å². The molecule has 0 radical (unpaired) electrons. The largest absolute Gasteiger partial charge is 0.0654 e. The highest BCUT2D eigenvalue weighted by Crippen LogP contribution is 2.54. The Morgan fingerprint density at radius 2 is 0.876 bits per heavy atom. The summed E-state index contributed by atoms with van der Waals surface area (Å²) in [6, 6.07) is 41.5. The van der Waals surface area contributed by atoms with Crippen LogP contribution in [-0.2, 0) is 30.1 Å². The van der Waals surface area contributed by atoms with Gasteiger partial charge in [-0.2, -0.15) is 0 Å². The summed E-state index contributed by atoms with van der Waals surface area (Å²) in [5, 5.41) is 0. The molecule has 2 bridgehead atoms. The first-order chi connectivity index (χ1) is 42.0. The normalized spacial score (nSPS) is 22.1. The van der Waals surface area contributed by atoms with Crippen LogP contribution in [0.25, 0.3) is 0 Å². The quantitative estimate of drug-likeness (QED) is 0.0972. The molecule has 4 aliphatic rings. The van der Waals surface area contributed by atoms with Gasteiger partial charge >= 0.3 is 0 Å². The Hall–Kier alpha value is -3.90. The van der Waals surface area contributed by atoms with Crippen molar-refractivity contribution in [2.75, 3.05) is 0 Å². The van der Waals surface area contributed by atoms with Gasteiger partial charge in [-0.25, -0.2) is 0 Å². The molecule has 0 saturated heterocycles. The minimum absolute atomic E-state index is 0.251. The zero-order valence-electron chi connectivity index (χ0n) is 63.5. The minimum atomic E-state index is 0.251. The van der Waals surface area contributed by atoms with E-state index in [4.69, 9.17) is 0 Å². The van der Waals surface area contributed by atoms with E-state index >= 15 is 0 Å². The van der Waals surface area contributed by atoms with Crippen molar-refractivity contribution in [2.45, 2.75) is 331 Å². The van der Waals surface area contributed by atoms with Gasteiger partial charge in [0, 0.05) is 0 Å². The van der Waals surface area contributed by atoms with Crippen molar-refractivity contribution in [2.24, 2.45) is 52.3 Å². The predicted molar refractivity (Wildman–Crippen MR) is 404 cm³/mol. The van der Waals surface area contributed by atoms with Crippen LogP contribution >= 0.6 is 0 Å². The lowest BCUT2D eigenvalue weighted by molar-refractivity contribution is 0.0581. The highest BCUT2D eigenvalue weighted by Gasteiger charge is 2.44. The Bertz CT molecular complexity index is 2460. The lowest BCUT2D eigenvalue weighted by Gasteiger charge is -2.45. The maximum atomic E-state index is 2.46. The van der Waals surface area contributed by atoms with Crippen LogP contribution in [0, 0.1) is 86.9 Å². The Morgan fingerprint density at radius 3 is 1.24 bits per heavy atom. The summed E-state index contributed by atoms with van der Waals surface area (Å²) in [5.41, 5.74) is 17.1. The molecule has 89 heavy (non-hydrogen) atoms. The van der Waals surface area contributed by atoms with E-state index in [2.05, 4.69) is 281 Å². The van der Waals surface area contributed by atoms with Crippen LogP contribution < -0.4 is 0 Å². The molecule has 4 saturated carbocycles. The van der Waals surface area contributed by atoms with Crippen molar-refractivity contribution < 1.29 is 0 Å². The summed E-state index contributed by atoms with van der Waals surface area (Å²) in [6.45, 7) is 54.6. The average Bonchev–Trinajstić information content (AvgIpc) is 3.87. The average molecular weight is 1220 g/mol. The number of hydrogen-bond acceptors (Lipinski definition) is 0. The van der Waals surface area contributed by atoms with Crippen LogP contribution in [0.4, 0.5) is 0 Å². The van der Waals surface area contributed by atoms with Gasteiger partial charge in [-0.3, -0.25) is 0 Å². The summed E-state index contributed by atoms with van der Waals surface area (Å²) >= 11 is 0. The van der Waals surface area contributed by atoms with Gasteiger partial charge in [-0.1, -0.05) is 348 Å². The van der Waals surface area contributed by atoms with E-state index in [0.29, 0.717) is 10.8 Å². The molecule has 0 aromatic heterocycles. The van der Waals surface area contributed by atoms with Crippen molar-refractivity contribution in [3.05, 3.63) is 176 Å². The van der Waals surface area contributed by atoms with Crippen LogP contribution in [0.5, 0.6) is 0 Å². The third kappa shape index (κ3) is 32.5. The minimum Gasteiger partial charge on any atom is -0.0654 e. The molecule has 0 spiro atoms. The molecule has 6 unspecified atom stereocenters. The fourth-order valence-electron chi connectivity index (χ4n) is 15.3. The van der Waals surface area contributed by atoms with Gasteiger partial charge in [0.25, 0.3) is 0 Å². The third-order valence-corrected chi connectivity index (χ3v) is 21.0. The molecule has 0 aliphatic heterocycles. The molecule has 0 nitrogen and oxygen atoms in total. The monoisotopic (exact) mass is 1220 g/mol. The second kappa shape index (κ2) is 42.4. The van der Waals surface area contributed by atoms with Gasteiger partial charge in [0.2, 0.25) is 0 Å². The smallest absolute Gasteiger partial charge is 0.00256 e. The van der Waals surface area contributed by atoms with E-state index in [9.17, 15) is 0 Å². The molecule has 0 heteroatoms. The highest BCUT2D eigenvalue weighted by molar-refractivity contribution is 5.34. The van der Waals surface area contributed by atoms with Crippen molar-refractivity contribution in [3.63, 3.8) is 0 Å². The molecule has 5 aromatic carbocycles. The molecule has 4 aliphatic carbocycles. The molecule has 5 aromatic rings. The van der Waals surface area contributed by atoms with E-state index in [1.54, 1.807) is 19.3 Å². The van der Waals surface area contributed by atoms with Gasteiger partial charge in [-0.05, 0) is 212 Å². The molecule has 0 heterocycles. The van der Waals surface area contributed by atoms with Crippen molar-refractivity contribution >= 4 is 0 Å². The van der Waals surface area contributed by atoms with Gasteiger partial charge < -0.3 is 0 Å². The lowest BCUT2D eigenvalue weighted by atomic mass is 9.60. The Balaban J connectivity index is 0.000000349. The van der Waals surface area contributed by atoms with Crippen LogP contribution in [0.2, 0.25) is 0 Å². The first kappa shape index (κ1) is 81.2. The summed E-state index contributed by atoms with van der Waals surface area (Å²) in [6.07, 6.45) is 33.9. The Kier molecular flexibility index (Phi) is 38.6. The summed E-state index contributed by atoms with van der Waals surface area (Å²) in [4.78, 5) is 0. The van der Waals surface area contributed by atoms with E-state index in [-0.39, 0.29) is 10.8 Å². The Labute approximate surface area is 556 Å². The van der Waals surface area contributed by atoms with E-state index < -0.39 is 0 Å². The molecule has 0 N–H and O–H groups in total. The number of benzene rings is 5. The molecular formula is C89H146. The van der Waals surface area contributed by atoms with Crippen molar-refractivity contribution in [3.8, 4) is 0 Å². The van der Waals surface area contributed by atoms with E-state index in [1.165, 1.54) is 177 Å². The summed E-state index contributed by atoms with van der Waals surface area (Å²) < 4.78 is 0. The number of fused-ring (bicyclic) bond motifs is 2. The fourth-order valence-corrected chi connectivity index (χ4v) is 15.3. The molecule has 6 atom stereocenters. The molecule has 0 amide bonds. The number of rotatable bonds is 14. The predicted octanol–water partition coefficient (Wildman–Crippen LogP) is 28.3. The van der Waals surface area contributed by atoms with Crippen LogP contribution in [0.3, 0.4) is 0 Å². The maximum Gasteiger partial charge on any atom is -0.00256 e. The molecular weight excluding hydrogens is 1070 g/mol. The zero-order valence-corrected chi connectivity index (χ0v) is 63.5. The van der Waals surface area contributed by atoms with Crippen molar-refractivity contribution in [1.82, 2.24) is 0 Å². The van der Waals surface area contributed by atoms with Crippen molar-refractivity contribution in [1.29, 1.82) is 0 Å². The second-order valence-electron chi connectivity index (χ2n) is 32.0. The zero-order chi connectivity index (χ0) is 66.8. The second-order valence-corrected chi connectivity index (χ2v) is 32.0. The molecule has 502 valence electrons. The Morgan fingerprint density at radius 1 is 0.449 bits per heavy atom. The molecule has 9 rings (SSSR count). The van der Waals surface area contributed by atoms with Gasteiger partial charge in [0.15, 0.2) is 0 Å². The van der Waals surface area contributed by atoms with E-state index in [1.807, 2.05) is 0 Å². The number of hydrogen-bond donors (Lipinski definition) is 0. The highest BCUT2D eigenvalue weighted by atomic mass is 14.5. The number of unbranched alkanes of at least 4 members (excludes halogenated alkanes) is 5. The number of aryl methyl sites for hydroxylation is 6. The van der Waals surface area contributed by atoms with Gasteiger partial charge in [0.1, 0.15) is 0 Å². The summed E-state index contributed by atoms with van der Waals surface area (Å²) in [7, 11) is 0. The fraction of sp³-hybridized carbons (Fsp3) is 0.663. The molecule has 4 fully saturated rings. The first-order valence-electron chi connectivity index (χ1n) is 37.4.